The van der Waals surface area contributed by atoms with Gasteiger partial charge in [-0.25, -0.2) is 17.2 Å². The maximum Gasteiger partial charge on any atom is 0.243 e. The largest absolute Gasteiger partial charge is 0.261 e. The maximum atomic E-state index is 13.3. The molecule has 4 nitrogen and oxygen atoms in total. The number of aromatic nitrogens is 1. The van der Waals surface area contributed by atoms with Crippen molar-refractivity contribution in [3.05, 3.63) is 59.9 Å². The fraction of sp³-hybridized carbons (Fsp3) is 0.267. The molecular formula is C15H16F2N2O2S. The molecule has 2 rings (SSSR count). The maximum absolute atomic E-state index is 13.3. The van der Waals surface area contributed by atoms with E-state index < -0.39 is 21.7 Å². The van der Waals surface area contributed by atoms with Gasteiger partial charge in [-0.1, -0.05) is 13.0 Å². The third-order valence-electron chi connectivity index (χ3n) is 3.23. The molecule has 0 radical (unpaired) electrons. The first kappa shape index (κ1) is 16.5. The molecule has 118 valence electrons. The Hall–Kier alpha value is -1.86. The van der Waals surface area contributed by atoms with Gasteiger partial charge in [0.25, 0.3) is 0 Å². The number of pyridine rings is 1. The number of rotatable bonds is 6. The normalized spacial score (nSPS) is 11.8. The van der Waals surface area contributed by atoms with Crippen LogP contribution in [0.3, 0.4) is 0 Å². The number of likely N-dealkylation sites (N-methyl/N-ethyl adjacent to an activating group) is 1. The van der Waals surface area contributed by atoms with E-state index in [-0.39, 0.29) is 18.0 Å². The van der Waals surface area contributed by atoms with Gasteiger partial charge in [0.05, 0.1) is 4.90 Å². The van der Waals surface area contributed by atoms with Gasteiger partial charge >= 0.3 is 0 Å². The van der Waals surface area contributed by atoms with Crippen LogP contribution in [0, 0.1) is 11.6 Å². The fourth-order valence-corrected chi connectivity index (χ4v) is 3.48. The quantitative estimate of drug-likeness (QED) is 0.820. The minimum Gasteiger partial charge on any atom is -0.261 e. The molecule has 22 heavy (non-hydrogen) atoms. The molecule has 0 amide bonds. The Morgan fingerprint density at radius 3 is 2.50 bits per heavy atom. The third kappa shape index (κ3) is 3.66. The molecule has 0 aliphatic rings. The van der Waals surface area contributed by atoms with E-state index in [4.69, 9.17) is 0 Å². The van der Waals surface area contributed by atoms with Gasteiger partial charge in [-0.05, 0) is 30.3 Å². The molecule has 7 heteroatoms. The molecule has 2 aromatic rings. The standard InChI is InChI=1S/C15H16F2N2O2S/c1-2-19(10-8-12-5-3-4-9-18-12)22(20,21)13-6-7-14(16)15(17)11-13/h3-7,9,11H,2,8,10H2,1H3. The zero-order valence-electron chi connectivity index (χ0n) is 12.0. The van der Waals surface area contributed by atoms with Crippen molar-refractivity contribution in [3.63, 3.8) is 0 Å². The molecule has 0 bridgehead atoms. The second-order valence-corrected chi connectivity index (χ2v) is 6.58. The first-order valence-corrected chi connectivity index (χ1v) is 8.24. The summed E-state index contributed by atoms with van der Waals surface area (Å²) >= 11 is 0. The highest BCUT2D eigenvalue weighted by Gasteiger charge is 2.24. The number of hydrogen-bond acceptors (Lipinski definition) is 3. The van der Waals surface area contributed by atoms with E-state index in [1.807, 2.05) is 6.07 Å². The zero-order chi connectivity index (χ0) is 16.2. The Labute approximate surface area is 128 Å². The Balaban J connectivity index is 2.19. The molecule has 0 saturated carbocycles. The van der Waals surface area contributed by atoms with E-state index in [0.29, 0.717) is 12.5 Å². The summed E-state index contributed by atoms with van der Waals surface area (Å²) < 4.78 is 52.4. The summed E-state index contributed by atoms with van der Waals surface area (Å²) in [6.07, 6.45) is 2.08. The summed E-state index contributed by atoms with van der Waals surface area (Å²) in [5.41, 5.74) is 0.765. The lowest BCUT2D eigenvalue weighted by Crippen LogP contribution is -2.33. The van der Waals surface area contributed by atoms with Crippen molar-refractivity contribution >= 4 is 10.0 Å². The van der Waals surface area contributed by atoms with Crippen LogP contribution >= 0.6 is 0 Å². The minimum absolute atomic E-state index is 0.217. The van der Waals surface area contributed by atoms with Gasteiger partial charge in [-0.3, -0.25) is 4.98 Å². The monoisotopic (exact) mass is 326 g/mol. The highest BCUT2D eigenvalue weighted by atomic mass is 32.2. The Bertz CT molecular complexity index is 736. The smallest absolute Gasteiger partial charge is 0.243 e. The number of sulfonamides is 1. The van der Waals surface area contributed by atoms with E-state index in [2.05, 4.69) is 4.98 Å². The summed E-state index contributed by atoms with van der Waals surface area (Å²) in [5, 5.41) is 0. The van der Waals surface area contributed by atoms with Crippen molar-refractivity contribution in [2.75, 3.05) is 13.1 Å². The molecule has 0 aliphatic carbocycles. The molecule has 0 saturated heterocycles. The summed E-state index contributed by atoms with van der Waals surface area (Å²) in [4.78, 5) is 3.88. The molecule has 0 aliphatic heterocycles. The van der Waals surface area contributed by atoms with Crippen LogP contribution in [0.5, 0.6) is 0 Å². The van der Waals surface area contributed by atoms with Crippen molar-refractivity contribution in [2.24, 2.45) is 0 Å². The predicted molar refractivity (Wildman–Crippen MR) is 78.7 cm³/mol. The Morgan fingerprint density at radius 1 is 1.14 bits per heavy atom. The van der Waals surface area contributed by atoms with Crippen LogP contribution in [0.2, 0.25) is 0 Å². The summed E-state index contributed by atoms with van der Waals surface area (Å²) in [5.74, 6) is -2.25. The highest BCUT2D eigenvalue weighted by Crippen LogP contribution is 2.18. The van der Waals surface area contributed by atoms with Gasteiger partial charge in [0.1, 0.15) is 0 Å². The lowest BCUT2D eigenvalue weighted by molar-refractivity contribution is 0.428. The SMILES string of the molecule is CCN(CCc1ccccn1)S(=O)(=O)c1ccc(F)c(F)c1. The van der Waals surface area contributed by atoms with E-state index >= 15 is 0 Å². The van der Waals surface area contributed by atoms with Crippen molar-refractivity contribution in [3.8, 4) is 0 Å². The lowest BCUT2D eigenvalue weighted by atomic mass is 10.3. The van der Waals surface area contributed by atoms with Crippen LogP contribution in [0.25, 0.3) is 0 Å². The number of nitrogens with zero attached hydrogens (tertiary/aromatic N) is 2. The average molecular weight is 326 g/mol. The molecular weight excluding hydrogens is 310 g/mol. The number of hydrogen-bond donors (Lipinski definition) is 0. The van der Waals surface area contributed by atoms with Crippen LogP contribution in [0.1, 0.15) is 12.6 Å². The topological polar surface area (TPSA) is 50.3 Å². The highest BCUT2D eigenvalue weighted by molar-refractivity contribution is 7.89. The molecule has 1 aromatic heterocycles. The van der Waals surface area contributed by atoms with E-state index in [1.165, 1.54) is 4.31 Å². The van der Waals surface area contributed by atoms with Crippen LogP contribution < -0.4 is 0 Å². The van der Waals surface area contributed by atoms with Crippen molar-refractivity contribution < 1.29 is 17.2 Å². The van der Waals surface area contributed by atoms with Crippen LogP contribution in [0.4, 0.5) is 8.78 Å². The van der Waals surface area contributed by atoms with E-state index in [0.717, 1.165) is 17.8 Å². The van der Waals surface area contributed by atoms with Crippen LogP contribution in [0.15, 0.2) is 47.5 Å². The summed E-state index contributed by atoms with van der Waals surface area (Å²) in [6, 6.07) is 7.99. The Kier molecular flexibility index (Phi) is 5.20. The van der Waals surface area contributed by atoms with Gasteiger partial charge in [-0.2, -0.15) is 4.31 Å². The van der Waals surface area contributed by atoms with Gasteiger partial charge in [0, 0.05) is 31.4 Å². The molecule has 0 unspecified atom stereocenters. The van der Waals surface area contributed by atoms with E-state index in [1.54, 1.807) is 25.3 Å². The Morgan fingerprint density at radius 2 is 1.91 bits per heavy atom. The lowest BCUT2D eigenvalue weighted by Gasteiger charge is -2.20. The van der Waals surface area contributed by atoms with Crippen molar-refractivity contribution in [1.29, 1.82) is 0 Å². The van der Waals surface area contributed by atoms with Crippen molar-refractivity contribution in [1.82, 2.24) is 9.29 Å². The number of benzene rings is 1. The number of halogens is 2. The van der Waals surface area contributed by atoms with Gasteiger partial charge < -0.3 is 0 Å². The van der Waals surface area contributed by atoms with Crippen LogP contribution in [-0.4, -0.2) is 30.8 Å². The minimum atomic E-state index is -3.86. The first-order valence-electron chi connectivity index (χ1n) is 6.80. The first-order chi connectivity index (χ1) is 10.4. The average Bonchev–Trinajstić information content (AvgIpc) is 2.51. The third-order valence-corrected chi connectivity index (χ3v) is 5.20. The van der Waals surface area contributed by atoms with Gasteiger partial charge in [-0.15, -0.1) is 0 Å². The molecule has 1 heterocycles. The zero-order valence-corrected chi connectivity index (χ0v) is 12.9. The van der Waals surface area contributed by atoms with Crippen molar-refractivity contribution in [2.45, 2.75) is 18.2 Å². The second-order valence-electron chi connectivity index (χ2n) is 4.64. The van der Waals surface area contributed by atoms with E-state index in [9.17, 15) is 17.2 Å². The molecule has 0 atom stereocenters. The van der Waals surface area contributed by atoms with Gasteiger partial charge in [0.2, 0.25) is 10.0 Å². The molecule has 0 fully saturated rings. The second kappa shape index (κ2) is 6.93. The van der Waals surface area contributed by atoms with Gasteiger partial charge in [0.15, 0.2) is 11.6 Å². The molecule has 0 N–H and O–H groups in total. The molecule has 1 aromatic carbocycles. The van der Waals surface area contributed by atoms with Crippen LogP contribution in [-0.2, 0) is 16.4 Å². The summed E-state index contributed by atoms with van der Waals surface area (Å²) in [7, 11) is -3.86. The predicted octanol–water partition coefficient (Wildman–Crippen LogP) is 2.61. The fourth-order valence-electron chi connectivity index (χ4n) is 2.02. The molecule has 0 spiro atoms. The summed E-state index contributed by atoms with van der Waals surface area (Å²) in [6.45, 7) is 2.14.